The van der Waals surface area contributed by atoms with Crippen LogP contribution in [0.5, 0.6) is 0 Å². The van der Waals surface area contributed by atoms with E-state index in [1.54, 1.807) is 7.11 Å². The molecular formula is C14H30N2O. The second kappa shape index (κ2) is 8.90. The first-order chi connectivity index (χ1) is 8.26. The van der Waals surface area contributed by atoms with Gasteiger partial charge in [-0.2, -0.15) is 0 Å². The first kappa shape index (κ1) is 14.9. The number of methoxy groups -OCH3 is 1. The number of nitrogens with zero attached hydrogens (tertiary/aromatic N) is 1. The van der Waals surface area contributed by atoms with E-state index in [1.807, 2.05) is 0 Å². The van der Waals surface area contributed by atoms with E-state index in [-0.39, 0.29) is 0 Å². The summed E-state index contributed by atoms with van der Waals surface area (Å²) in [6.45, 7) is 9.87. The van der Waals surface area contributed by atoms with Crippen LogP contribution in [0.1, 0.15) is 39.5 Å². The van der Waals surface area contributed by atoms with Crippen LogP contribution in [0.2, 0.25) is 0 Å². The summed E-state index contributed by atoms with van der Waals surface area (Å²) in [7, 11) is 1.77. The van der Waals surface area contributed by atoms with Crippen LogP contribution in [0.4, 0.5) is 0 Å². The molecule has 2 unspecified atom stereocenters. The predicted octanol–water partition coefficient (Wildman–Crippen LogP) is 2.12. The second-order valence-electron chi connectivity index (χ2n) is 5.35. The van der Waals surface area contributed by atoms with Gasteiger partial charge in [-0.3, -0.25) is 0 Å². The lowest BCUT2D eigenvalue weighted by Gasteiger charge is -2.29. The fourth-order valence-electron chi connectivity index (χ4n) is 2.69. The highest BCUT2D eigenvalue weighted by molar-refractivity contribution is 4.76. The van der Waals surface area contributed by atoms with Crippen LogP contribution in [0.15, 0.2) is 0 Å². The molecule has 0 aliphatic heterocycles. The monoisotopic (exact) mass is 242 g/mol. The lowest BCUT2D eigenvalue weighted by atomic mass is 9.87. The Bertz CT molecular complexity index is 187. The molecular weight excluding hydrogens is 212 g/mol. The zero-order valence-corrected chi connectivity index (χ0v) is 11.9. The van der Waals surface area contributed by atoms with E-state index in [4.69, 9.17) is 4.74 Å². The third kappa shape index (κ3) is 6.39. The summed E-state index contributed by atoms with van der Waals surface area (Å²) in [5, 5.41) is 3.71. The molecule has 1 N–H and O–H groups in total. The molecule has 0 radical (unpaired) electrons. The van der Waals surface area contributed by atoms with Crippen molar-refractivity contribution in [3.8, 4) is 0 Å². The maximum atomic E-state index is 5.12. The quantitative estimate of drug-likeness (QED) is 0.705. The van der Waals surface area contributed by atoms with Crippen molar-refractivity contribution in [1.29, 1.82) is 0 Å². The van der Waals surface area contributed by atoms with Gasteiger partial charge in [-0.25, -0.2) is 0 Å². The summed E-state index contributed by atoms with van der Waals surface area (Å²) in [6, 6.07) is 0.764. The molecule has 3 nitrogen and oxygen atoms in total. The zero-order valence-electron chi connectivity index (χ0n) is 11.9. The summed E-state index contributed by atoms with van der Waals surface area (Å²) in [4.78, 5) is 2.45. The van der Waals surface area contributed by atoms with Crippen molar-refractivity contribution >= 4 is 0 Å². The van der Waals surface area contributed by atoms with Crippen molar-refractivity contribution in [1.82, 2.24) is 10.2 Å². The summed E-state index contributed by atoms with van der Waals surface area (Å²) in [5.41, 5.74) is 0. The van der Waals surface area contributed by atoms with Gasteiger partial charge in [-0.15, -0.1) is 0 Å². The van der Waals surface area contributed by atoms with Gasteiger partial charge in [0.25, 0.3) is 0 Å². The van der Waals surface area contributed by atoms with Gasteiger partial charge in [0.1, 0.15) is 0 Å². The summed E-state index contributed by atoms with van der Waals surface area (Å²) < 4.78 is 5.12. The minimum Gasteiger partial charge on any atom is -0.383 e. The fraction of sp³-hybridized carbons (Fsp3) is 1.00. The number of ether oxygens (including phenoxy) is 1. The van der Waals surface area contributed by atoms with Gasteiger partial charge in [-0.1, -0.05) is 26.7 Å². The van der Waals surface area contributed by atoms with Gasteiger partial charge in [0.15, 0.2) is 0 Å². The molecule has 1 fully saturated rings. The first-order valence-electron chi connectivity index (χ1n) is 7.21. The Morgan fingerprint density at radius 2 is 2.12 bits per heavy atom. The molecule has 0 aromatic rings. The molecule has 0 aromatic heterocycles. The van der Waals surface area contributed by atoms with Crippen molar-refractivity contribution in [2.75, 3.05) is 39.9 Å². The molecule has 1 aliphatic rings. The molecule has 102 valence electrons. The Kier molecular flexibility index (Phi) is 7.82. The zero-order chi connectivity index (χ0) is 12.5. The topological polar surface area (TPSA) is 24.5 Å². The smallest absolute Gasteiger partial charge is 0.0589 e. The minimum atomic E-state index is 0.764. The van der Waals surface area contributed by atoms with Crippen molar-refractivity contribution in [3.05, 3.63) is 0 Å². The molecule has 3 heteroatoms. The Labute approximate surface area is 107 Å². The average molecular weight is 242 g/mol. The Morgan fingerprint density at radius 1 is 1.29 bits per heavy atom. The maximum Gasteiger partial charge on any atom is 0.0589 e. The molecule has 1 saturated carbocycles. The largest absolute Gasteiger partial charge is 0.383 e. The first-order valence-corrected chi connectivity index (χ1v) is 7.21. The van der Waals surface area contributed by atoms with Crippen molar-refractivity contribution in [3.63, 3.8) is 0 Å². The molecule has 0 spiro atoms. The van der Waals surface area contributed by atoms with Gasteiger partial charge >= 0.3 is 0 Å². The summed E-state index contributed by atoms with van der Waals surface area (Å²) in [5.74, 6) is 0.914. The van der Waals surface area contributed by atoms with Gasteiger partial charge in [-0.05, 0) is 25.3 Å². The van der Waals surface area contributed by atoms with E-state index < -0.39 is 0 Å². The van der Waals surface area contributed by atoms with Crippen molar-refractivity contribution in [2.24, 2.45) is 5.92 Å². The number of likely N-dealkylation sites (N-methyl/N-ethyl adjacent to an activating group) is 1. The van der Waals surface area contributed by atoms with Crippen LogP contribution in [0, 0.1) is 5.92 Å². The van der Waals surface area contributed by atoms with Crippen LogP contribution in [0.25, 0.3) is 0 Å². The van der Waals surface area contributed by atoms with Crippen LogP contribution in [0.3, 0.4) is 0 Å². The third-order valence-corrected chi connectivity index (χ3v) is 3.86. The Hall–Kier alpha value is -0.120. The number of hydrogen-bond acceptors (Lipinski definition) is 3. The van der Waals surface area contributed by atoms with Crippen molar-refractivity contribution < 1.29 is 4.74 Å². The lowest BCUT2D eigenvalue weighted by Crippen LogP contribution is -2.40. The Morgan fingerprint density at radius 3 is 2.76 bits per heavy atom. The highest BCUT2D eigenvalue weighted by atomic mass is 16.5. The highest BCUT2D eigenvalue weighted by Crippen LogP contribution is 2.23. The molecule has 0 heterocycles. The lowest BCUT2D eigenvalue weighted by molar-refractivity contribution is 0.149. The molecule has 1 rings (SSSR count). The van der Waals surface area contributed by atoms with E-state index in [1.165, 1.54) is 25.7 Å². The van der Waals surface area contributed by atoms with Crippen LogP contribution >= 0.6 is 0 Å². The van der Waals surface area contributed by atoms with Crippen LogP contribution in [-0.2, 0) is 4.74 Å². The van der Waals surface area contributed by atoms with Gasteiger partial charge in [0.2, 0.25) is 0 Å². The normalized spacial score (nSPS) is 25.4. The summed E-state index contributed by atoms with van der Waals surface area (Å²) in [6.07, 6.45) is 5.56. The molecule has 2 atom stereocenters. The van der Waals surface area contributed by atoms with Crippen LogP contribution < -0.4 is 5.32 Å². The van der Waals surface area contributed by atoms with Gasteiger partial charge in [0.05, 0.1) is 6.61 Å². The van der Waals surface area contributed by atoms with E-state index in [0.29, 0.717) is 0 Å². The second-order valence-corrected chi connectivity index (χ2v) is 5.35. The van der Waals surface area contributed by atoms with Crippen LogP contribution in [-0.4, -0.2) is 50.8 Å². The fourth-order valence-corrected chi connectivity index (χ4v) is 2.69. The average Bonchev–Trinajstić information content (AvgIpc) is 2.33. The number of hydrogen-bond donors (Lipinski definition) is 1. The molecule has 17 heavy (non-hydrogen) atoms. The predicted molar refractivity (Wildman–Crippen MR) is 73.4 cm³/mol. The molecule has 0 saturated heterocycles. The number of nitrogens with one attached hydrogen (secondary N) is 1. The standard InChI is InChI=1S/C14H30N2O/c1-4-16(10-11-17-3)9-8-15-14-7-5-6-13(2)12-14/h13-15H,4-12H2,1-3H3. The SMILES string of the molecule is CCN(CCNC1CCCC(C)C1)CCOC. The van der Waals surface area contributed by atoms with Gasteiger partial charge < -0.3 is 15.0 Å². The molecule has 0 aromatic carbocycles. The maximum absolute atomic E-state index is 5.12. The number of rotatable bonds is 8. The Balaban J connectivity index is 2.08. The third-order valence-electron chi connectivity index (χ3n) is 3.86. The van der Waals surface area contributed by atoms with E-state index in [0.717, 1.165) is 44.7 Å². The highest BCUT2D eigenvalue weighted by Gasteiger charge is 2.17. The molecule has 0 amide bonds. The minimum absolute atomic E-state index is 0.764. The van der Waals surface area contributed by atoms with E-state index >= 15 is 0 Å². The van der Waals surface area contributed by atoms with Gasteiger partial charge in [0, 0.05) is 32.8 Å². The van der Waals surface area contributed by atoms with Crippen molar-refractivity contribution in [2.45, 2.75) is 45.6 Å². The molecule has 0 bridgehead atoms. The molecule has 1 aliphatic carbocycles. The van der Waals surface area contributed by atoms with E-state index in [9.17, 15) is 0 Å². The van der Waals surface area contributed by atoms with E-state index in [2.05, 4.69) is 24.1 Å². The summed E-state index contributed by atoms with van der Waals surface area (Å²) >= 11 is 0.